The first-order chi connectivity index (χ1) is 22.5. The molecule has 8 rings (SSSR count). The zero-order valence-electron chi connectivity index (χ0n) is 27.9. The van der Waals surface area contributed by atoms with Crippen LogP contribution in [0.5, 0.6) is 0 Å². The number of hydrogen-bond donors (Lipinski definition) is 2. The molecule has 6 nitrogen and oxygen atoms in total. The molecule has 5 atom stereocenters. The van der Waals surface area contributed by atoms with Crippen molar-refractivity contribution in [2.75, 3.05) is 18.0 Å². The number of anilines is 1. The second-order valence-electron chi connectivity index (χ2n) is 14.5. The summed E-state index contributed by atoms with van der Waals surface area (Å²) in [6.07, 6.45) is 6.23. The predicted octanol–water partition coefficient (Wildman–Crippen LogP) is 8.79. The molecule has 4 saturated carbocycles. The van der Waals surface area contributed by atoms with Gasteiger partial charge in [-0.3, -0.25) is 9.59 Å². The van der Waals surface area contributed by atoms with Gasteiger partial charge in [0.05, 0.1) is 11.2 Å². The summed E-state index contributed by atoms with van der Waals surface area (Å²) in [4.78, 5) is 29.5. The maximum absolute atomic E-state index is 13.9. The van der Waals surface area contributed by atoms with Gasteiger partial charge in [-0.2, -0.15) is 0 Å². The number of carbonyl (C=O) groups excluding carboxylic acids is 2. The number of halogens is 1. The molecule has 3 unspecified atom stereocenters. The molecule has 2 N–H and O–H groups in total. The van der Waals surface area contributed by atoms with E-state index in [-0.39, 0.29) is 29.0 Å². The van der Waals surface area contributed by atoms with Crippen LogP contribution in [0.3, 0.4) is 0 Å². The Kier molecular flexibility index (Phi) is 8.02. The Morgan fingerprint density at radius 1 is 0.979 bits per heavy atom. The first kappa shape index (κ1) is 31.6. The summed E-state index contributed by atoms with van der Waals surface area (Å²) in [5.41, 5.74) is 4.39. The van der Waals surface area contributed by atoms with Gasteiger partial charge in [0.1, 0.15) is 17.2 Å². The van der Waals surface area contributed by atoms with Gasteiger partial charge in [-0.15, -0.1) is 0 Å². The highest BCUT2D eigenvalue weighted by Crippen LogP contribution is 2.62. The van der Waals surface area contributed by atoms with E-state index in [9.17, 15) is 19.1 Å². The molecular weight excluding hydrogens is 591 g/mol. The summed E-state index contributed by atoms with van der Waals surface area (Å²) in [5.74, 6) is 1.01. The number of nitrogens with one attached hydrogen (secondary N) is 1. The number of Topliss-reactive ketones (excluding diaryl/α,β-unsaturated/α-hetero) is 1. The van der Waals surface area contributed by atoms with Crippen molar-refractivity contribution in [3.63, 3.8) is 0 Å². The number of nitrogens with zero attached hydrogens (tertiary/aromatic N) is 1. The minimum Gasteiger partial charge on any atom is -0.455 e. The highest BCUT2D eigenvalue weighted by Gasteiger charge is 2.59. The average Bonchev–Trinajstić information content (AvgIpc) is 3.42. The largest absolute Gasteiger partial charge is 0.455 e. The zero-order chi connectivity index (χ0) is 33.1. The second-order valence-corrected chi connectivity index (χ2v) is 14.5. The Morgan fingerprint density at radius 3 is 2.32 bits per heavy atom. The summed E-state index contributed by atoms with van der Waals surface area (Å²) in [5, 5.41) is 15.4. The fourth-order valence-corrected chi connectivity index (χ4v) is 9.50. The lowest BCUT2D eigenvalue weighted by atomic mass is 9.46. The van der Waals surface area contributed by atoms with E-state index in [2.05, 4.69) is 31.0 Å². The number of hydrogen-bond acceptors (Lipinski definition) is 5. The molecule has 0 aliphatic heterocycles. The molecule has 4 fully saturated rings. The average molecular weight is 637 g/mol. The van der Waals surface area contributed by atoms with Crippen LogP contribution in [0.2, 0.25) is 0 Å². The van der Waals surface area contributed by atoms with Crippen LogP contribution in [0.1, 0.15) is 93.4 Å². The van der Waals surface area contributed by atoms with Gasteiger partial charge in [-0.25, -0.2) is 4.39 Å². The third-order valence-corrected chi connectivity index (χ3v) is 11.4. The summed E-state index contributed by atoms with van der Waals surface area (Å²) >= 11 is 0. The molecule has 4 aliphatic carbocycles. The molecule has 4 aromatic rings. The standard InChI is InChI=1S/C40H45FN2O4/c1-5-34(44)36-32-17-31(33(43(6-2)7-3)18-35(32)47-37(36)27-11-13-30(41)14-12-27)28-9-8-10-29(16-28)38(45)42-24(4)39-19-25-15-26(20-39)22-40(46,21-25)23-39/h8-14,16-18,24-26,46H,5-7,15,19-23H2,1-4H3,(H,42,45)/t24?,25-,26+,39?,40?. The van der Waals surface area contributed by atoms with Crippen molar-refractivity contribution in [3.8, 4) is 22.5 Å². The SMILES string of the molecule is CCC(=O)c1c(-c2ccc(F)cc2)oc2cc(N(CC)CC)c(-c3cccc(C(=O)NC(C)C45C[C@@H]6C[C@@H](CC(O)(C6)C4)C5)c3)cc12. The van der Waals surface area contributed by atoms with Crippen LogP contribution in [0.4, 0.5) is 10.1 Å². The monoisotopic (exact) mass is 636 g/mol. The molecule has 3 aromatic carbocycles. The molecule has 1 aromatic heterocycles. The molecule has 1 heterocycles. The van der Waals surface area contributed by atoms with Gasteiger partial charge in [0, 0.05) is 59.4 Å². The first-order valence-corrected chi connectivity index (χ1v) is 17.3. The minimum atomic E-state index is -0.579. The molecule has 0 saturated heterocycles. The lowest BCUT2D eigenvalue weighted by molar-refractivity contribution is -0.171. The van der Waals surface area contributed by atoms with Gasteiger partial charge in [-0.05, 0) is 125 Å². The summed E-state index contributed by atoms with van der Waals surface area (Å²) in [6, 6.07) is 17.7. The summed E-state index contributed by atoms with van der Waals surface area (Å²) in [7, 11) is 0. The maximum Gasteiger partial charge on any atom is 0.251 e. The molecule has 0 spiro atoms. The lowest BCUT2D eigenvalue weighted by Crippen LogP contribution is -2.61. The van der Waals surface area contributed by atoms with Crippen molar-refractivity contribution in [1.29, 1.82) is 0 Å². The number of fused-ring (bicyclic) bond motifs is 1. The minimum absolute atomic E-state index is 0.0444. The fourth-order valence-electron chi connectivity index (χ4n) is 9.50. The van der Waals surface area contributed by atoms with Crippen LogP contribution in [0, 0.1) is 23.1 Å². The number of rotatable bonds is 10. The van der Waals surface area contributed by atoms with Crippen LogP contribution in [-0.4, -0.2) is 41.5 Å². The van der Waals surface area contributed by atoms with Crippen LogP contribution in [0.25, 0.3) is 33.4 Å². The molecular formula is C40H45FN2O4. The summed E-state index contributed by atoms with van der Waals surface area (Å²) in [6.45, 7) is 9.66. The van der Waals surface area contributed by atoms with E-state index in [1.807, 2.05) is 43.3 Å². The predicted molar refractivity (Wildman–Crippen MR) is 184 cm³/mol. The van der Waals surface area contributed by atoms with Crippen molar-refractivity contribution < 1.29 is 23.5 Å². The molecule has 246 valence electrons. The quantitative estimate of drug-likeness (QED) is 0.170. The van der Waals surface area contributed by atoms with Gasteiger partial charge in [0.2, 0.25) is 0 Å². The number of ketones is 1. The van der Waals surface area contributed by atoms with Gasteiger partial charge in [0.25, 0.3) is 5.91 Å². The van der Waals surface area contributed by atoms with Crippen molar-refractivity contribution >= 4 is 28.3 Å². The number of aliphatic hydroxyl groups is 1. The molecule has 1 amide bonds. The van der Waals surface area contributed by atoms with Gasteiger partial charge in [-0.1, -0.05) is 19.1 Å². The highest BCUT2D eigenvalue weighted by molar-refractivity contribution is 6.13. The van der Waals surface area contributed by atoms with E-state index in [0.717, 1.165) is 62.0 Å². The third-order valence-electron chi connectivity index (χ3n) is 11.4. The van der Waals surface area contributed by atoms with Crippen LogP contribution >= 0.6 is 0 Å². The molecule has 0 radical (unpaired) electrons. The third kappa shape index (κ3) is 5.56. The Morgan fingerprint density at radius 2 is 1.68 bits per heavy atom. The van der Waals surface area contributed by atoms with E-state index in [1.54, 1.807) is 12.1 Å². The van der Waals surface area contributed by atoms with Gasteiger partial charge >= 0.3 is 0 Å². The number of carbonyl (C=O) groups is 2. The van der Waals surface area contributed by atoms with E-state index in [0.29, 0.717) is 51.7 Å². The van der Waals surface area contributed by atoms with Gasteiger partial charge in [0.15, 0.2) is 5.78 Å². The molecule has 47 heavy (non-hydrogen) atoms. The number of benzene rings is 3. The van der Waals surface area contributed by atoms with Crippen molar-refractivity contribution in [2.45, 2.75) is 84.3 Å². The van der Waals surface area contributed by atoms with Crippen LogP contribution in [0.15, 0.2) is 65.1 Å². The maximum atomic E-state index is 13.9. The van der Waals surface area contributed by atoms with E-state index < -0.39 is 5.60 Å². The van der Waals surface area contributed by atoms with E-state index in [4.69, 9.17) is 4.42 Å². The van der Waals surface area contributed by atoms with Crippen LogP contribution < -0.4 is 10.2 Å². The Labute approximate surface area is 276 Å². The smallest absolute Gasteiger partial charge is 0.251 e. The van der Waals surface area contributed by atoms with Crippen molar-refractivity contribution in [3.05, 3.63) is 77.6 Å². The topological polar surface area (TPSA) is 82.8 Å². The second kappa shape index (κ2) is 11.9. The summed E-state index contributed by atoms with van der Waals surface area (Å²) < 4.78 is 20.2. The lowest BCUT2D eigenvalue weighted by Gasteiger charge is -2.62. The Bertz CT molecular complexity index is 1820. The van der Waals surface area contributed by atoms with Crippen LogP contribution in [-0.2, 0) is 0 Å². The van der Waals surface area contributed by atoms with Crippen molar-refractivity contribution in [1.82, 2.24) is 5.32 Å². The molecule has 4 bridgehead atoms. The first-order valence-electron chi connectivity index (χ1n) is 17.3. The Hall–Kier alpha value is -3.97. The van der Waals surface area contributed by atoms with E-state index >= 15 is 0 Å². The van der Waals surface area contributed by atoms with Gasteiger partial charge < -0.3 is 19.7 Å². The fraction of sp³-hybridized carbons (Fsp3) is 0.450. The molecule has 4 aliphatic rings. The number of amides is 1. The van der Waals surface area contributed by atoms with Crippen molar-refractivity contribution in [2.24, 2.45) is 17.3 Å². The van der Waals surface area contributed by atoms with E-state index in [1.165, 1.54) is 18.6 Å². The molecule has 7 heteroatoms. The number of furan rings is 1. The normalized spacial score (nSPS) is 25.2. The zero-order valence-corrected chi connectivity index (χ0v) is 27.9. The highest BCUT2D eigenvalue weighted by atomic mass is 19.1. The Balaban J connectivity index is 1.27.